The van der Waals surface area contributed by atoms with Crippen molar-refractivity contribution in [1.29, 1.82) is 0 Å². The van der Waals surface area contributed by atoms with Crippen LogP contribution in [0.1, 0.15) is 28.2 Å². The van der Waals surface area contributed by atoms with Crippen molar-refractivity contribution in [3.8, 4) is 11.3 Å². The molecule has 2 heterocycles. The molecule has 0 saturated carbocycles. The maximum atomic E-state index is 4.86. The van der Waals surface area contributed by atoms with Gasteiger partial charge in [0.15, 0.2) is 0 Å². The largest absolute Gasteiger partial charge is 0.350 e. The molecule has 0 aliphatic heterocycles. The van der Waals surface area contributed by atoms with E-state index in [1.54, 1.807) is 6.20 Å². The molecule has 1 N–H and O–H groups in total. The van der Waals surface area contributed by atoms with Gasteiger partial charge in [-0.25, -0.2) is 9.97 Å². The first-order chi connectivity index (χ1) is 13.9. The maximum Gasteiger partial charge on any atom is 0.223 e. The molecule has 2 aromatic heterocycles. The lowest BCUT2D eigenvalue weighted by Gasteiger charge is -2.27. The Kier molecular flexibility index (Phi) is 4.30. The normalized spacial score (nSPS) is 14.8. The van der Waals surface area contributed by atoms with Crippen LogP contribution in [-0.4, -0.2) is 15.0 Å². The van der Waals surface area contributed by atoms with Gasteiger partial charge in [0.1, 0.15) is 0 Å². The number of fused-ring (bicyclic) bond motifs is 3. The summed E-state index contributed by atoms with van der Waals surface area (Å²) in [6.45, 7) is 0.654. The highest BCUT2D eigenvalue weighted by Gasteiger charge is 2.27. The average molecular weight is 364 g/mol. The Labute approximate surface area is 164 Å². The second kappa shape index (κ2) is 7.24. The van der Waals surface area contributed by atoms with Crippen LogP contribution in [0.15, 0.2) is 85.3 Å². The van der Waals surface area contributed by atoms with Crippen LogP contribution < -0.4 is 5.32 Å². The van der Waals surface area contributed by atoms with Gasteiger partial charge in [-0.05, 0) is 34.7 Å². The van der Waals surface area contributed by atoms with Gasteiger partial charge in [-0.2, -0.15) is 0 Å². The standard InChI is InChI=1S/C24H20N4/c1-2-8-18(9-3-1)22-13-19-16-27-24(26-15-17-7-6-12-25-14-17)28-23(19)21-11-5-4-10-20(21)22/h1-12,14,16,22H,13,15H2,(H,26,27,28). The summed E-state index contributed by atoms with van der Waals surface area (Å²) in [4.78, 5) is 13.6. The molecule has 2 aromatic carbocycles. The Morgan fingerprint density at radius 3 is 2.61 bits per heavy atom. The van der Waals surface area contributed by atoms with Crippen LogP contribution in [0.4, 0.5) is 5.95 Å². The topological polar surface area (TPSA) is 50.7 Å². The molecule has 4 nitrogen and oxygen atoms in total. The van der Waals surface area contributed by atoms with Crippen LogP contribution in [0.2, 0.25) is 0 Å². The molecule has 136 valence electrons. The van der Waals surface area contributed by atoms with Crippen molar-refractivity contribution in [3.63, 3.8) is 0 Å². The van der Waals surface area contributed by atoms with E-state index in [2.05, 4.69) is 69.9 Å². The molecule has 0 radical (unpaired) electrons. The third kappa shape index (κ3) is 3.14. The zero-order chi connectivity index (χ0) is 18.8. The number of aromatic nitrogens is 3. The first kappa shape index (κ1) is 16.6. The molecule has 28 heavy (non-hydrogen) atoms. The highest BCUT2D eigenvalue weighted by atomic mass is 15.1. The van der Waals surface area contributed by atoms with Crippen molar-refractivity contribution >= 4 is 5.95 Å². The average Bonchev–Trinajstić information content (AvgIpc) is 2.78. The van der Waals surface area contributed by atoms with E-state index in [0.717, 1.165) is 17.7 Å². The molecule has 0 amide bonds. The summed E-state index contributed by atoms with van der Waals surface area (Å²) in [7, 11) is 0. The van der Waals surface area contributed by atoms with Crippen LogP contribution in [-0.2, 0) is 13.0 Å². The van der Waals surface area contributed by atoms with E-state index >= 15 is 0 Å². The van der Waals surface area contributed by atoms with Gasteiger partial charge in [0.05, 0.1) is 5.69 Å². The molecule has 1 aliphatic carbocycles. The van der Waals surface area contributed by atoms with Crippen molar-refractivity contribution in [2.45, 2.75) is 18.9 Å². The minimum atomic E-state index is 0.336. The number of rotatable bonds is 4. The fraction of sp³-hybridized carbons (Fsp3) is 0.125. The molecule has 1 atom stereocenters. The summed E-state index contributed by atoms with van der Waals surface area (Å²) in [5, 5.41) is 3.32. The maximum absolute atomic E-state index is 4.86. The minimum absolute atomic E-state index is 0.336. The number of nitrogens with one attached hydrogen (secondary N) is 1. The first-order valence-corrected chi connectivity index (χ1v) is 9.51. The van der Waals surface area contributed by atoms with E-state index in [1.807, 2.05) is 24.5 Å². The molecule has 1 unspecified atom stereocenters. The first-order valence-electron chi connectivity index (χ1n) is 9.51. The van der Waals surface area contributed by atoms with E-state index < -0.39 is 0 Å². The van der Waals surface area contributed by atoms with Gasteiger partial charge in [0, 0.05) is 36.6 Å². The van der Waals surface area contributed by atoms with E-state index in [-0.39, 0.29) is 0 Å². The summed E-state index contributed by atoms with van der Waals surface area (Å²) in [6.07, 6.45) is 6.52. The second-order valence-electron chi connectivity index (χ2n) is 7.04. The molecule has 0 fully saturated rings. The Hall–Kier alpha value is -3.53. The summed E-state index contributed by atoms with van der Waals surface area (Å²) < 4.78 is 0. The lowest BCUT2D eigenvalue weighted by molar-refractivity contribution is 0.781. The molecule has 0 bridgehead atoms. The summed E-state index contributed by atoms with van der Waals surface area (Å²) in [5.41, 5.74) is 7.20. The molecular formula is C24H20N4. The Morgan fingerprint density at radius 2 is 1.75 bits per heavy atom. The van der Waals surface area contributed by atoms with Crippen LogP contribution in [0.25, 0.3) is 11.3 Å². The monoisotopic (exact) mass is 364 g/mol. The van der Waals surface area contributed by atoms with Gasteiger partial charge in [-0.1, -0.05) is 60.7 Å². The number of pyridine rings is 1. The van der Waals surface area contributed by atoms with Gasteiger partial charge < -0.3 is 5.32 Å². The fourth-order valence-corrected chi connectivity index (χ4v) is 3.89. The quantitative estimate of drug-likeness (QED) is 0.563. The molecule has 4 heteroatoms. The van der Waals surface area contributed by atoms with E-state index in [1.165, 1.54) is 22.3 Å². The zero-order valence-electron chi connectivity index (χ0n) is 15.4. The van der Waals surface area contributed by atoms with E-state index in [9.17, 15) is 0 Å². The molecule has 0 spiro atoms. The SMILES string of the molecule is c1ccc(C2Cc3cnc(NCc4cccnc4)nc3-c3ccccc32)cc1. The third-order valence-corrected chi connectivity index (χ3v) is 5.26. The molecule has 5 rings (SSSR count). The Morgan fingerprint density at radius 1 is 0.893 bits per heavy atom. The lowest BCUT2D eigenvalue weighted by Crippen LogP contribution is -2.15. The van der Waals surface area contributed by atoms with Crippen molar-refractivity contribution in [2.75, 3.05) is 5.32 Å². The molecule has 4 aromatic rings. The molecule has 0 saturated heterocycles. The minimum Gasteiger partial charge on any atom is -0.350 e. The lowest BCUT2D eigenvalue weighted by atomic mass is 9.78. The highest BCUT2D eigenvalue weighted by Crippen LogP contribution is 2.41. The van der Waals surface area contributed by atoms with E-state index in [4.69, 9.17) is 4.98 Å². The Balaban J connectivity index is 1.49. The molecular weight excluding hydrogens is 344 g/mol. The number of nitrogens with zero attached hydrogens (tertiary/aromatic N) is 3. The predicted molar refractivity (Wildman–Crippen MR) is 111 cm³/mol. The number of hydrogen-bond acceptors (Lipinski definition) is 4. The Bertz CT molecular complexity index is 1090. The van der Waals surface area contributed by atoms with Crippen LogP contribution >= 0.6 is 0 Å². The summed E-state index contributed by atoms with van der Waals surface area (Å²) in [5.74, 6) is 0.985. The smallest absolute Gasteiger partial charge is 0.223 e. The van der Waals surface area contributed by atoms with E-state index in [0.29, 0.717) is 18.4 Å². The molecule has 1 aliphatic rings. The van der Waals surface area contributed by atoms with Gasteiger partial charge in [-0.15, -0.1) is 0 Å². The number of hydrogen-bond donors (Lipinski definition) is 1. The van der Waals surface area contributed by atoms with Gasteiger partial charge >= 0.3 is 0 Å². The summed E-state index contributed by atoms with van der Waals surface area (Å²) >= 11 is 0. The third-order valence-electron chi connectivity index (χ3n) is 5.26. The van der Waals surface area contributed by atoms with Gasteiger partial charge in [0.25, 0.3) is 0 Å². The number of anilines is 1. The van der Waals surface area contributed by atoms with Crippen molar-refractivity contribution in [3.05, 3.63) is 108 Å². The fourth-order valence-electron chi connectivity index (χ4n) is 3.89. The van der Waals surface area contributed by atoms with Crippen molar-refractivity contribution < 1.29 is 0 Å². The van der Waals surface area contributed by atoms with Crippen LogP contribution in [0, 0.1) is 0 Å². The number of benzene rings is 2. The van der Waals surface area contributed by atoms with Crippen LogP contribution in [0.5, 0.6) is 0 Å². The van der Waals surface area contributed by atoms with Crippen molar-refractivity contribution in [2.24, 2.45) is 0 Å². The van der Waals surface area contributed by atoms with Crippen LogP contribution in [0.3, 0.4) is 0 Å². The zero-order valence-corrected chi connectivity index (χ0v) is 15.4. The van der Waals surface area contributed by atoms with Crippen molar-refractivity contribution in [1.82, 2.24) is 15.0 Å². The predicted octanol–water partition coefficient (Wildman–Crippen LogP) is 4.84. The highest BCUT2D eigenvalue weighted by molar-refractivity contribution is 5.72. The van der Waals surface area contributed by atoms with Gasteiger partial charge in [-0.3, -0.25) is 4.98 Å². The summed E-state index contributed by atoms with van der Waals surface area (Å²) in [6, 6.07) is 23.3. The second-order valence-corrected chi connectivity index (χ2v) is 7.04. The van der Waals surface area contributed by atoms with Gasteiger partial charge in [0.2, 0.25) is 5.95 Å².